The van der Waals surface area contributed by atoms with E-state index in [9.17, 15) is 5.21 Å². The van der Waals surface area contributed by atoms with Crippen LogP contribution in [0.4, 0.5) is 5.69 Å². The zero-order valence-corrected chi connectivity index (χ0v) is 13.5. The highest BCUT2D eigenvalue weighted by molar-refractivity contribution is 5.56. The Morgan fingerprint density at radius 2 is 1.91 bits per heavy atom. The Balaban J connectivity index is 1.93. The number of nitrogen functional groups attached to an aromatic ring is 1. The highest BCUT2D eigenvalue weighted by atomic mass is 16.5. The Morgan fingerprint density at radius 1 is 1.22 bits per heavy atom. The van der Waals surface area contributed by atoms with Crippen molar-refractivity contribution in [2.75, 3.05) is 5.73 Å². The van der Waals surface area contributed by atoms with Gasteiger partial charge >= 0.3 is 5.82 Å². The van der Waals surface area contributed by atoms with Gasteiger partial charge in [0.2, 0.25) is 0 Å². The molecule has 5 rings (SSSR count). The van der Waals surface area contributed by atoms with Crippen molar-refractivity contribution in [3.8, 4) is 11.4 Å². The van der Waals surface area contributed by atoms with Crippen molar-refractivity contribution in [3.05, 3.63) is 40.9 Å². The number of aromatic nitrogens is 3. The van der Waals surface area contributed by atoms with Gasteiger partial charge in [-0.3, -0.25) is 0 Å². The van der Waals surface area contributed by atoms with E-state index in [1.807, 2.05) is 20.8 Å². The summed E-state index contributed by atoms with van der Waals surface area (Å²) >= 11 is 0. The van der Waals surface area contributed by atoms with Crippen LogP contribution in [0.25, 0.3) is 11.4 Å². The first-order valence-electron chi connectivity index (χ1n) is 7.88. The predicted molar refractivity (Wildman–Crippen MR) is 85.3 cm³/mol. The third-order valence-corrected chi connectivity index (χ3v) is 5.14. The third-order valence-electron chi connectivity index (χ3n) is 5.14. The summed E-state index contributed by atoms with van der Waals surface area (Å²) in [6.07, 6.45) is 1.79. The first-order chi connectivity index (χ1) is 10.8. The fourth-order valence-corrected chi connectivity index (χ4v) is 3.99. The molecular formula is C17H20N4O2. The van der Waals surface area contributed by atoms with Crippen LogP contribution < -0.4 is 10.5 Å². The van der Waals surface area contributed by atoms with E-state index in [1.54, 1.807) is 24.3 Å². The summed E-state index contributed by atoms with van der Waals surface area (Å²) in [4.78, 5) is 0. The summed E-state index contributed by atoms with van der Waals surface area (Å²) in [6.45, 7) is 6.09. The lowest BCUT2D eigenvalue weighted by Gasteiger charge is -2.52. The zero-order valence-electron chi connectivity index (χ0n) is 13.5. The minimum absolute atomic E-state index is 0.0276. The van der Waals surface area contributed by atoms with Crippen molar-refractivity contribution in [1.29, 1.82) is 0 Å². The van der Waals surface area contributed by atoms with Gasteiger partial charge < -0.3 is 15.7 Å². The zero-order chi connectivity index (χ0) is 16.4. The SMILES string of the molecule is CC12CCC(c3c1nnc(-c1ccc(N)cc1)[n+]3[O-])C(C)(C)O2. The molecule has 2 aromatic rings. The fraction of sp³-hybridized carbons (Fsp3) is 0.471. The standard InChI is InChI=1S/C17H20N4O2/c1-16(2)12-8-9-17(3,23-16)14-13(12)21(22)15(20-19-14)10-4-6-11(18)7-5-10/h4-7,12H,8-9,18H2,1-3H3. The van der Waals surface area contributed by atoms with Gasteiger partial charge in [0.05, 0.1) is 22.2 Å². The monoisotopic (exact) mass is 312 g/mol. The molecule has 1 saturated heterocycles. The number of fused-ring (bicyclic) bond motifs is 2. The van der Waals surface area contributed by atoms with Crippen molar-refractivity contribution < 1.29 is 9.47 Å². The molecule has 6 heteroatoms. The molecule has 1 aliphatic carbocycles. The van der Waals surface area contributed by atoms with Gasteiger partial charge in [0.1, 0.15) is 11.3 Å². The Hall–Kier alpha value is -2.21. The molecule has 23 heavy (non-hydrogen) atoms. The highest BCUT2D eigenvalue weighted by Crippen LogP contribution is 2.54. The fourth-order valence-electron chi connectivity index (χ4n) is 3.99. The maximum atomic E-state index is 13.0. The summed E-state index contributed by atoms with van der Waals surface area (Å²) in [7, 11) is 0. The van der Waals surface area contributed by atoms with Crippen LogP contribution >= 0.6 is 0 Å². The first kappa shape index (κ1) is 14.4. The molecule has 2 aliphatic heterocycles. The molecule has 0 saturated carbocycles. The predicted octanol–water partition coefficient (Wildman–Crippen LogP) is 2.26. The second-order valence-corrected chi connectivity index (χ2v) is 7.20. The van der Waals surface area contributed by atoms with Gasteiger partial charge in [0.25, 0.3) is 0 Å². The Morgan fingerprint density at radius 3 is 2.57 bits per heavy atom. The van der Waals surface area contributed by atoms with Crippen LogP contribution in [0.1, 0.15) is 50.9 Å². The smallest absolute Gasteiger partial charge is 0.361 e. The molecular weight excluding hydrogens is 292 g/mol. The first-order valence-corrected chi connectivity index (χ1v) is 7.88. The number of hydrogen-bond acceptors (Lipinski definition) is 5. The molecule has 6 nitrogen and oxygen atoms in total. The normalized spacial score (nSPS) is 27.7. The molecule has 3 aliphatic rings. The van der Waals surface area contributed by atoms with Crippen LogP contribution in [-0.4, -0.2) is 15.8 Å². The van der Waals surface area contributed by atoms with Gasteiger partial charge in [-0.15, -0.1) is 0 Å². The lowest BCUT2D eigenvalue weighted by atomic mass is 9.69. The molecule has 0 amide bonds. The summed E-state index contributed by atoms with van der Waals surface area (Å²) in [5, 5.41) is 21.6. The van der Waals surface area contributed by atoms with Gasteiger partial charge in [-0.25, -0.2) is 4.73 Å². The third kappa shape index (κ3) is 1.94. The molecule has 2 N–H and O–H groups in total. The lowest BCUT2D eigenvalue weighted by Crippen LogP contribution is -2.58. The topological polar surface area (TPSA) is 88.0 Å². The number of hydrogen-bond donors (Lipinski definition) is 1. The molecule has 2 bridgehead atoms. The van der Waals surface area contributed by atoms with Crippen molar-refractivity contribution >= 4 is 5.69 Å². The molecule has 3 heterocycles. The molecule has 1 aromatic carbocycles. The maximum absolute atomic E-state index is 13.0. The summed E-state index contributed by atoms with van der Waals surface area (Å²) in [6, 6.07) is 7.11. The van der Waals surface area contributed by atoms with E-state index in [0.717, 1.165) is 23.1 Å². The van der Waals surface area contributed by atoms with E-state index in [2.05, 4.69) is 10.2 Å². The highest BCUT2D eigenvalue weighted by Gasteiger charge is 2.56. The molecule has 1 aromatic heterocycles. The number of ether oxygens (including phenoxy) is 1. The number of nitrogens with zero attached hydrogens (tertiary/aromatic N) is 3. The summed E-state index contributed by atoms with van der Waals surface area (Å²) < 4.78 is 7.18. The number of benzene rings is 1. The van der Waals surface area contributed by atoms with E-state index in [1.165, 1.54) is 0 Å². The summed E-state index contributed by atoms with van der Waals surface area (Å²) in [5.41, 5.74) is 7.56. The van der Waals surface area contributed by atoms with Gasteiger partial charge in [0.15, 0.2) is 5.69 Å². The second kappa shape index (κ2) is 4.41. The summed E-state index contributed by atoms with van der Waals surface area (Å²) in [5.74, 6) is 0.343. The molecule has 2 unspecified atom stereocenters. The largest absolute Gasteiger partial charge is 0.710 e. The van der Waals surface area contributed by atoms with Crippen molar-refractivity contribution in [1.82, 2.24) is 10.2 Å². The van der Waals surface area contributed by atoms with Crippen LogP contribution in [0.3, 0.4) is 0 Å². The number of anilines is 1. The van der Waals surface area contributed by atoms with E-state index in [-0.39, 0.29) is 11.5 Å². The van der Waals surface area contributed by atoms with Crippen LogP contribution in [0.2, 0.25) is 0 Å². The van der Waals surface area contributed by atoms with Crippen molar-refractivity contribution in [2.45, 2.75) is 50.7 Å². The van der Waals surface area contributed by atoms with Crippen molar-refractivity contribution in [2.24, 2.45) is 0 Å². The Kier molecular flexibility index (Phi) is 2.76. The van der Waals surface area contributed by atoms with Crippen LogP contribution in [0, 0.1) is 5.21 Å². The van der Waals surface area contributed by atoms with Crippen LogP contribution in [0.15, 0.2) is 24.3 Å². The average Bonchev–Trinajstić information content (AvgIpc) is 2.48. The van der Waals surface area contributed by atoms with Gasteiger partial charge in [-0.2, -0.15) is 0 Å². The maximum Gasteiger partial charge on any atom is 0.361 e. The van der Waals surface area contributed by atoms with E-state index in [0.29, 0.717) is 22.9 Å². The molecule has 1 fully saturated rings. The van der Waals surface area contributed by atoms with Crippen LogP contribution in [0.5, 0.6) is 0 Å². The molecule has 120 valence electrons. The number of nitrogens with two attached hydrogens (primary N) is 1. The van der Waals surface area contributed by atoms with Gasteiger partial charge in [-0.1, -0.05) is 0 Å². The Bertz CT molecular complexity index is 788. The molecule has 0 spiro atoms. The van der Waals surface area contributed by atoms with Crippen molar-refractivity contribution in [3.63, 3.8) is 0 Å². The quantitative estimate of drug-likeness (QED) is 0.496. The van der Waals surface area contributed by atoms with E-state index >= 15 is 0 Å². The Labute approximate surface area is 134 Å². The average molecular weight is 312 g/mol. The van der Waals surface area contributed by atoms with E-state index < -0.39 is 5.60 Å². The molecule has 0 radical (unpaired) electrons. The lowest BCUT2D eigenvalue weighted by molar-refractivity contribution is -0.613. The molecule has 2 atom stereocenters. The minimum atomic E-state index is -0.535. The minimum Gasteiger partial charge on any atom is -0.710 e. The van der Waals surface area contributed by atoms with E-state index in [4.69, 9.17) is 10.5 Å². The number of rotatable bonds is 1. The van der Waals surface area contributed by atoms with Gasteiger partial charge in [0, 0.05) is 5.69 Å². The van der Waals surface area contributed by atoms with Crippen LogP contribution in [-0.2, 0) is 10.3 Å². The van der Waals surface area contributed by atoms with Gasteiger partial charge in [-0.05, 0) is 63.0 Å². The second-order valence-electron chi connectivity index (χ2n) is 7.20.